The summed E-state index contributed by atoms with van der Waals surface area (Å²) in [4.78, 5) is 6.90. The van der Waals surface area contributed by atoms with Gasteiger partial charge in [0, 0.05) is 24.8 Å². The van der Waals surface area contributed by atoms with Crippen molar-refractivity contribution < 1.29 is 0 Å². The van der Waals surface area contributed by atoms with Crippen molar-refractivity contribution in [2.75, 3.05) is 19.0 Å². The molecule has 5 heteroatoms. The van der Waals surface area contributed by atoms with E-state index < -0.39 is 0 Å². The maximum atomic E-state index is 4.65. The van der Waals surface area contributed by atoms with Gasteiger partial charge in [-0.1, -0.05) is 6.07 Å². The average molecular weight is 273 g/mol. The third-order valence-electron chi connectivity index (χ3n) is 4.51. The van der Waals surface area contributed by atoms with Gasteiger partial charge in [-0.15, -0.1) is 5.10 Å². The summed E-state index contributed by atoms with van der Waals surface area (Å²) in [6, 6.07) is 7.33. The lowest BCUT2D eigenvalue weighted by Gasteiger charge is -2.33. The normalized spacial score (nSPS) is 23.1. The van der Waals surface area contributed by atoms with E-state index in [1.54, 1.807) is 0 Å². The number of anilines is 1. The van der Waals surface area contributed by atoms with Crippen molar-refractivity contribution in [3.63, 3.8) is 0 Å². The lowest BCUT2D eigenvalue weighted by molar-refractivity contribution is 0.349. The predicted molar refractivity (Wildman–Crippen MR) is 81.2 cm³/mol. The Hall–Kier alpha value is -1.62. The fourth-order valence-electron chi connectivity index (χ4n) is 3.09. The molecule has 2 aromatic heterocycles. The van der Waals surface area contributed by atoms with Crippen LogP contribution in [0.2, 0.25) is 0 Å². The zero-order valence-electron chi connectivity index (χ0n) is 12.5. The number of hydrogen-bond donors (Lipinski definition) is 1. The Morgan fingerprint density at radius 2 is 2.00 bits per heavy atom. The third kappa shape index (κ3) is 2.38. The van der Waals surface area contributed by atoms with Crippen LogP contribution in [0, 0.1) is 6.92 Å². The molecule has 1 aliphatic carbocycles. The summed E-state index contributed by atoms with van der Waals surface area (Å²) in [6.07, 6.45) is 4.88. The number of rotatable bonds is 3. The van der Waals surface area contributed by atoms with Gasteiger partial charge in [0.25, 0.3) is 0 Å². The number of aryl methyl sites for hydroxylation is 1. The minimum atomic E-state index is 0.553. The lowest BCUT2D eigenvalue weighted by Crippen LogP contribution is -2.40. The van der Waals surface area contributed by atoms with Gasteiger partial charge in [0.1, 0.15) is 0 Å². The Labute approximate surface area is 120 Å². The summed E-state index contributed by atoms with van der Waals surface area (Å²) in [6.45, 7) is 2.06. The highest BCUT2D eigenvalue weighted by molar-refractivity contribution is 5.45. The van der Waals surface area contributed by atoms with E-state index in [1.165, 1.54) is 25.7 Å². The number of fused-ring (bicyclic) bond motifs is 1. The summed E-state index contributed by atoms with van der Waals surface area (Å²) in [5.41, 5.74) is 2.05. The molecule has 0 aliphatic heterocycles. The number of pyridine rings is 1. The summed E-state index contributed by atoms with van der Waals surface area (Å²) < 4.78 is 1.92. The van der Waals surface area contributed by atoms with E-state index >= 15 is 0 Å². The van der Waals surface area contributed by atoms with Crippen LogP contribution in [-0.2, 0) is 0 Å². The van der Waals surface area contributed by atoms with Crippen LogP contribution in [0.1, 0.15) is 31.4 Å². The van der Waals surface area contributed by atoms with E-state index in [2.05, 4.69) is 47.4 Å². The summed E-state index contributed by atoms with van der Waals surface area (Å²) in [7, 11) is 4.18. The second-order valence-corrected chi connectivity index (χ2v) is 5.75. The fraction of sp³-hybridized carbons (Fsp3) is 0.600. The zero-order chi connectivity index (χ0) is 14.1. The number of nitrogens with zero attached hydrogens (tertiary/aromatic N) is 4. The molecule has 2 aromatic rings. The van der Waals surface area contributed by atoms with Crippen molar-refractivity contribution in [1.82, 2.24) is 19.9 Å². The highest BCUT2D eigenvalue weighted by Crippen LogP contribution is 2.25. The highest BCUT2D eigenvalue weighted by atomic mass is 15.4. The van der Waals surface area contributed by atoms with Crippen LogP contribution in [0.15, 0.2) is 18.2 Å². The second-order valence-electron chi connectivity index (χ2n) is 5.75. The van der Waals surface area contributed by atoms with Gasteiger partial charge in [-0.3, -0.25) is 0 Å². The van der Waals surface area contributed by atoms with Crippen LogP contribution in [0.3, 0.4) is 0 Å². The SMILES string of the molecule is CNC1CCC(N(C)c2nc3cccc(C)n3n2)CC1. The van der Waals surface area contributed by atoms with Crippen molar-refractivity contribution in [3.8, 4) is 0 Å². The van der Waals surface area contributed by atoms with Crippen LogP contribution < -0.4 is 10.2 Å². The molecule has 0 unspecified atom stereocenters. The fourth-order valence-corrected chi connectivity index (χ4v) is 3.09. The van der Waals surface area contributed by atoms with Crippen molar-refractivity contribution >= 4 is 11.6 Å². The monoisotopic (exact) mass is 273 g/mol. The lowest BCUT2D eigenvalue weighted by atomic mass is 9.90. The first-order chi connectivity index (χ1) is 9.69. The molecule has 108 valence electrons. The first-order valence-corrected chi connectivity index (χ1v) is 7.41. The number of nitrogens with one attached hydrogen (secondary N) is 1. The van der Waals surface area contributed by atoms with Gasteiger partial charge in [-0.05, 0) is 51.8 Å². The highest BCUT2D eigenvalue weighted by Gasteiger charge is 2.25. The molecule has 1 saturated carbocycles. The first-order valence-electron chi connectivity index (χ1n) is 7.41. The van der Waals surface area contributed by atoms with Gasteiger partial charge in [0.15, 0.2) is 5.65 Å². The topological polar surface area (TPSA) is 45.5 Å². The third-order valence-corrected chi connectivity index (χ3v) is 4.51. The van der Waals surface area contributed by atoms with Gasteiger partial charge in [-0.25, -0.2) is 4.52 Å². The van der Waals surface area contributed by atoms with Gasteiger partial charge >= 0.3 is 0 Å². The number of aromatic nitrogens is 3. The molecule has 0 amide bonds. The molecule has 0 bridgehead atoms. The van der Waals surface area contributed by atoms with Crippen LogP contribution in [-0.4, -0.2) is 40.8 Å². The maximum absolute atomic E-state index is 4.65. The van der Waals surface area contributed by atoms with Crippen molar-refractivity contribution in [3.05, 3.63) is 23.9 Å². The summed E-state index contributed by atoms with van der Waals surface area (Å²) in [5.74, 6) is 0.840. The predicted octanol–water partition coefficient (Wildman–Crippen LogP) is 2.00. The van der Waals surface area contributed by atoms with E-state index in [-0.39, 0.29) is 0 Å². The summed E-state index contributed by atoms with van der Waals surface area (Å²) >= 11 is 0. The molecule has 1 aliphatic rings. The van der Waals surface area contributed by atoms with Gasteiger partial charge in [0.05, 0.1) is 0 Å². The average Bonchev–Trinajstić information content (AvgIpc) is 2.92. The smallest absolute Gasteiger partial charge is 0.245 e. The van der Waals surface area contributed by atoms with Gasteiger partial charge in [0.2, 0.25) is 5.95 Å². The Morgan fingerprint density at radius 3 is 2.65 bits per heavy atom. The molecule has 2 heterocycles. The van der Waals surface area contributed by atoms with Crippen LogP contribution >= 0.6 is 0 Å². The molecule has 0 spiro atoms. The van der Waals surface area contributed by atoms with E-state index in [4.69, 9.17) is 0 Å². The van der Waals surface area contributed by atoms with Crippen LogP contribution in [0.4, 0.5) is 5.95 Å². The Morgan fingerprint density at radius 1 is 1.25 bits per heavy atom. The first kappa shape index (κ1) is 13.4. The van der Waals surface area contributed by atoms with Crippen LogP contribution in [0.25, 0.3) is 5.65 Å². The Bertz CT molecular complexity index is 583. The molecular weight excluding hydrogens is 250 g/mol. The quantitative estimate of drug-likeness (QED) is 0.929. The van der Waals surface area contributed by atoms with E-state index in [0.29, 0.717) is 12.1 Å². The molecule has 5 nitrogen and oxygen atoms in total. The Kier molecular flexibility index (Phi) is 3.61. The molecule has 20 heavy (non-hydrogen) atoms. The van der Waals surface area contributed by atoms with Crippen molar-refractivity contribution in [2.24, 2.45) is 0 Å². The molecule has 0 saturated heterocycles. The van der Waals surface area contributed by atoms with Crippen molar-refractivity contribution in [1.29, 1.82) is 0 Å². The van der Waals surface area contributed by atoms with Crippen molar-refractivity contribution in [2.45, 2.75) is 44.7 Å². The van der Waals surface area contributed by atoms with E-state index in [9.17, 15) is 0 Å². The molecule has 1 fully saturated rings. The molecule has 0 atom stereocenters. The Balaban J connectivity index is 1.79. The van der Waals surface area contributed by atoms with E-state index in [0.717, 1.165) is 17.3 Å². The van der Waals surface area contributed by atoms with E-state index in [1.807, 2.05) is 16.6 Å². The summed E-state index contributed by atoms with van der Waals surface area (Å²) in [5, 5.41) is 8.02. The molecule has 0 radical (unpaired) electrons. The largest absolute Gasteiger partial charge is 0.340 e. The molecule has 3 rings (SSSR count). The maximum Gasteiger partial charge on any atom is 0.245 e. The molecular formula is C15H23N5. The standard InChI is InChI=1S/C15H23N5/c1-11-5-4-6-14-17-15(18-20(11)14)19(3)13-9-7-12(16-2)8-10-13/h4-6,12-13,16H,7-10H2,1-3H3. The molecule has 1 N–H and O–H groups in total. The second kappa shape index (κ2) is 5.40. The van der Waals surface area contributed by atoms with Crippen LogP contribution in [0.5, 0.6) is 0 Å². The van der Waals surface area contributed by atoms with Gasteiger partial charge in [-0.2, -0.15) is 4.98 Å². The minimum Gasteiger partial charge on any atom is -0.340 e. The van der Waals surface area contributed by atoms with Gasteiger partial charge < -0.3 is 10.2 Å². The zero-order valence-corrected chi connectivity index (χ0v) is 12.5. The minimum absolute atomic E-state index is 0.553. The molecule has 0 aromatic carbocycles. The number of hydrogen-bond acceptors (Lipinski definition) is 4.